The molecule has 12 heteroatoms. The smallest absolute Gasteiger partial charge is 0.338 e. The highest BCUT2D eigenvalue weighted by Gasteiger charge is 2.25. The van der Waals surface area contributed by atoms with Crippen molar-refractivity contribution in [1.29, 1.82) is 0 Å². The van der Waals surface area contributed by atoms with Crippen molar-refractivity contribution in [2.45, 2.75) is 52.0 Å². The number of amides is 3. The summed E-state index contributed by atoms with van der Waals surface area (Å²) in [4.78, 5) is 39.2. The molecule has 5 aromatic rings. The molecule has 0 spiro atoms. The van der Waals surface area contributed by atoms with E-state index in [1.165, 1.54) is 12.1 Å². The summed E-state index contributed by atoms with van der Waals surface area (Å²) in [5, 5.41) is 19.6. The van der Waals surface area contributed by atoms with E-state index in [9.17, 15) is 19.5 Å². The number of nitrogens with one attached hydrogen (secondary N) is 3. The van der Waals surface area contributed by atoms with Gasteiger partial charge in [0.05, 0.1) is 11.7 Å². The molecule has 1 aromatic heterocycles. The second-order valence-corrected chi connectivity index (χ2v) is 12.9. The van der Waals surface area contributed by atoms with Gasteiger partial charge in [-0.15, -0.1) is 0 Å². The van der Waals surface area contributed by atoms with Crippen LogP contribution >= 0.6 is 23.2 Å². The maximum atomic E-state index is 13.8. The molecule has 50 heavy (non-hydrogen) atoms. The number of carbonyl (C=O) groups is 3. The standard InChI is InChI=1S/C38H37Cl2N5O5/c1-25(2)50-37(48)29-9-15-32(16-10-29)42-38(49)43-34(21-26-7-17-33(46)18-8-26)36(47)41-22-35-44(23-27-3-11-30(39)12-4-27)19-20-45(35)24-28-5-13-31(40)14-6-28/h3-20,25,34H,21-24H2,1-2H3,(H3-,41,42,43,46,47,48,49)/p+1/t34-/m0/s1. The number of esters is 1. The predicted molar refractivity (Wildman–Crippen MR) is 192 cm³/mol. The van der Waals surface area contributed by atoms with Gasteiger partial charge in [0.15, 0.2) is 0 Å². The highest BCUT2D eigenvalue weighted by atomic mass is 35.5. The molecule has 258 valence electrons. The monoisotopic (exact) mass is 714 g/mol. The fraction of sp³-hybridized carbons (Fsp3) is 0.211. The van der Waals surface area contributed by atoms with Gasteiger partial charge >= 0.3 is 12.0 Å². The number of anilines is 1. The Balaban J connectivity index is 1.33. The quantitative estimate of drug-likeness (QED) is 0.0819. The van der Waals surface area contributed by atoms with E-state index in [1.54, 1.807) is 50.2 Å². The lowest BCUT2D eigenvalue weighted by Gasteiger charge is -2.19. The number of nitrogens with zero attached hydrogens (tertiary/aromatic N) is 2. The molecule has 0 aliphatic carbocycles. The largest absolute Gasteiger partial charge is 0.508 e. The third-order valence-electron chi connectivity index (χ3n) is 7.76. The Kier molecular flexibility index (Phi) is 12.1. The summed E-state index contributed by atoms with van der Waals surface area (Å²) >= 11 is 12.2. The average Bonchev–Trinajstić information content (AvgIpc) is 3.46. The number of halogens is 2. The Morgan fingerprint density at radius 2 is 1.42 bits per heavy atom. The van der Waals surface area contributed by atoms with Gasteiger partial charge in [0, 0.05) is 22.2 Å². The van der Waals surface area contributed by atoms with Crippen molar-refractivity contribution in [2.24, 2.45) is 0 Å². The number of hydrogen-bond donors (Lipinski definition) is 4. The normalized spacial score (nSPS) is 11.5. The van der Waals surface area contributed by atoms with Crippen LogP contribution in [0.5, 0.6) is 5.75 Å². The molecule has 1 atom stereocenters. The maximum Gasteiger partial charge on any atom is 0.338 e. The number of benzene rings is 4. The Bertz CT molecular complexity index is 1840. The number of urea groups is 1. The lowest BCUT2D eigenvalue weighted by Crippen LogP contribution is -2.50. The van der Waals surface area contributed by atoms with Crippen LogP contribution in [-0.4, -0.2) is 39.7 Å². The molecular formula is C38H38Cl2N5O5+. The first kappa shape index (κ1) is 36.0. The molecule has 0 aliphatic heterocycles. The first-order valence-corrected chi connectivity index (χ1v) is 16.8. The number of imidazole rings is 1. The first-order chi connectivity index (χ1) is 24.0. The lowest BCUT2D eigenvalue weighted by atomic mass is 10.1. The van der Waals surface area contributed by atoms with E-state index in [0.717, 1.165) is 22.5 Å². The molecule has 4 aromatic carbocycles. The molecule has 10 nitrogen and oxygen atoms in total. The van der Waals surface area contributed by atoms with Crippen LogP contribution in [0.3, 0.4) is 0 Å². The van der Waals surface area contributed by atoms with E-state index in [2.05, 4.69) is 25.1 Å². The molecule has 5 rings (SSSR count). The first-order valence-electron chi connectivity index (χ1n) is 16.0. The van der Waals surface area contributed by atoms with Crippen molar-refractivity contribution < 1.29 is 28.8 Å². The number of ether oxygens (including phenoxy) is 1. The van der Waals surface area contributed by atoms with Crippen LogP contribution in [0, 0.1) is 0 Å². The Morgan fingerprint density at radius 3 is 2.04 bits per heavy atom. The molecular weight excluding hydrogens is 677 g/mol. The van der Waals surface area contributed by atoms with Gasteiger partial charge in [0.25, 0.3) is 5.82 Å². The minimum Gasteiger partial charge on any atom is -0.508 e. The highest BCUT2D eigenvalue weighted by molar-refractivity contribution is 6.30. The number of aromatic hydroxyl groups is 1. The summed E-state index contributed by atoms with van der Waals surface area (Å²) in [6.45, 7) is 4.78. The van der Waals surface area contributed by atoms with Crippen LogP contribution in [0.1, 0.15) is 46.7 Å². The summed E-state index contributed by atoms with van der Waals surface area (Å²) in [6.07, 6.45) is 3.82. The third-order valence-corrected chi connectivity index (χ3v) is 8.27. The maximum absolute atomic E-state index is 13.8. The number of phenols is 1. The fourth-order valence-electron chi connectivity index (χ4n) is 5.23. The predicted octanol–water partition coefficient (Wildman–Crippen LogP) is 6.50. The van der Waals surface area contributed by atoms with Crippen molar-refractivity contribution in [3.05, 3.63) is 148 Å². The van der Waals surface area contributed by atoms with Crippen molar-refractivity contribution in [3.63, 3.8) is 0 Å². The Morgan fingerprint density at radius 1 is 0.820 bits per heavy atom. The fourth-order valence-corrected chi connectivity index (χ4v) is 5.48. The third kappa shape index (κ3) is 10.3. The van der Waals surface area contributed by atoms with Crippen LogP contribution in [0.2, 0.25) is 10.0 Å². The average molecular weight is 716 g/mol. The second kappa shape index (κ2) is 16.9. The molecule has 0 aliphatic rings. The lowest BCUT2D eigenvalue weighted by molar-refractivity contribution is -0.695. The van der Waals surface area contributed by atoms with Gasteiger partial charge in [-0.1, -0.05) is 59.6 Å². The Hall–Kier alpha value is -5.32. The number of phenolic OH excluding ortho intramolecular Hbond substituents is 1. The zero-order valence-corrected chi connectivity index (χ0v) is 29.1. The molecule has 0 radical (unpaired) electrons. The van der Waals surface area contributed by atoms with Gasteiger partial charge in [-0.2, -0.15) is 0 Å². The van der Waals surface area contributed by atoms with Crippen molar-refractivity contribution in [2.75, 3.05) is 5.32 Å². The Labute approximate surface area is 300 Å². The summed E-state index contributed by atoms with van der Waals surface area (Å²) in [7, 11) is 0. The van der Waals surface area contributed by atoms with Crippen LogP contribution in [0.4, 0.5) is 10.5 Å². The minimum absolute atomic E-state index is 0.0906. The topological polar surface area (TPSA) is 126 Å². The van der Waals surface area contributed by atoms with Crippen molar-refractivity contribution >= 4 is 46.8 Å². The molecule has 0 fully saturated rings. The summed E-state index contributed by atoms with van der Waals surface area (Å²) in [5.41, 5.74) is 3.58. The zero-order chi connectivity index (χ0) is 35.6. The van der Waals surface area contributed by atoms with E-state index in [0.29, 0.717) is 34.4 Å². The van der Waals surface area contributed by atoms with Gasteiger partial charge in [-0.05, 0) is 91.2 Å². The van der Waals surface area contributed by atoms with E-state index in [4.69, 9.17) is 27.9 Å². The van der Waals surface area contributed by atoms with Gasteiger partial charge in [0.1, 0.15) is 43.8 Å². The second-order valence-electron chi connectivity index (χ2n) is 12.0. The van der Waals surface area contributed by atoms with Crippen LogP contribution in [0.25, 0.3) is 0 Å². The molecule has 3 amide bonds. The van der Waals surface area contributed by atoms with E-state index in [1.807, 2.05) is 60.9 Å². The molecule has 4 N–H and O–H groups in total. The molecule has 0 unspecified atom stereocenters. The van der Waals surface area contributed by atoms with Crippen LogP contribution < -0.4 is 20.5 Å². The summed E-state index contributed by atoms with van der Waals surface area (Å²) in [6, 6.07) is 26.3. The van der Waals surface area contributed by atoms with Crippen molar-refractivity contribution in [1.82, 2.24) is 15.2 Å². The van der Waals surface area contributed by atoms with Crippen molar-refractivity contribution in [3.8, 4) is 5.75 Å². The number of aromatic nitrogens is 2. The van der Waals surface area contributed by atoms with Gasteiger partial charge < -0.3 is 25.8 Å². The number of carbonyl (C=O) groups excluding carboxylic acids is 3. The molecule has 0 saturated carbocycles. The zero-order valence-electron chi connectivity index (χ0n) is 27.6. The minimum atomic E-state index is -0.968. The van der Waals surface area contributed by atoms with Gasteiger partial charge in [-0.3, -0.25) is 4.79 Å². The molecule has 1 heterocycles. The van der Waals surface area contributed by atoms with Gasteiger partial charge in [0.2, 0.25) is 5.91 Å². The van der Waals surface area contributed by atoms with Crippen LogP contribution in [-0.2, 0) is 35.6 Å². The molecule has 0 saturated heterocycles. The highest BCUT2D eigenvalue weighted by Crippen LogP contribution is 2.16. The van der Waals surface area contributed by atoms with Gasteiger partial charge in [-0.25, -0.2) is 18.7 Å². The molecule has 0 bridgehead atoms. The van der Waals surface area contributed by atoms with Crippen LogP contribution in [0.15, 0.2) is 109 Å². The van der Waals surface area contributed by atoms with E-state index < -0.39 is 23.9 Å². The number of rotatable bonds is 13. The summed E-state index contributed by atoms with van der Waals surface area (Å²) in [5.74, 6) is 0.0488. The number of hydrogen-bond acceptors (Lipinski definition) is 5. The van der Waals surface area contributed by atoms with E-state index in [-0.39, 0.29) is 24.8 Å². The SMILES string of the molecule is CC(C)OC(=O)c1ccc(NC(=O)N[C@@H](Cc2ccc(O)cc2)C(=O)NCc2n(Cc3ccc(Cl)cc3)cc[n+]2Cc2ccc(Cl)cc2)cc1. The summed E-state index contributed by atoms with van der Waals surface area (Å²) < 4.78 is 9.32. The van der Waals surface area contributed by atoms with E-state index >= 15 is 0 Å².